The van der Waals surface area contributed by atoms with E-state index in [0.29, 0.717) is 23.4 Å². The Bertz CT molecular complexity index is 390. The van der Waals surface area contributed by atoms with E-state index >= 15 is 0 Å². The van der Waals surface area contributed by atoms with Crippen molar-refractivity contribution in [3.8, 4) is 0 Å². The van der Waals surface area contributed by atoms with Crippen LogP contribution in [0.4, 0.5) is 0 Å². The van der Waals surface area contributed by atoms with E-state index in [1.807, 2.05) is 6.92 Å². The number of aromatic amines is 1. The van der Waals surface area contributed by atoms with Crippen molar-refractivity contribution >= 4 is 5.91 Å². The summed E-state index contributed by atoms with van der Waals surface area (Å²) in [5.74, 6) is 1.31. The highest BCUT2D eigenvalue weighted by Gasteiger charge is 2.53. The minimum atomic E-state index is 0.000602. The SMILES string of the molecule is Cc1[nH]ncc1C(=O)NC1C2CNCC21. The average molecular weight is 206 g/mol. The second-order valence-corrected chi connectivity index (χ2v) is 4.39. The first-order chi connectivity index (χ1) is 7.27. The lowest BCUT2D eigenvalue weighted by Gasteiger charge is -2.06. The summed E-state index contributed by atoms with van der Waals surface area (Å²) in [6.07, 6.45) is 1.58. The highest BCUT2D eigenvalue weighted by molar-refractivity contribution is 5.95. The molecule has 2 aliphatic rings. The molecule has 0 aromatic carbocycles. The van der Waals surface area contributed by atoms with Crippen LogP contribution in [-0.2, 0) is 0 Å². The van der Waals surface area contributed by atoms with Crippen LogP contribution in [0.3, 0.4) is 0 Å². The van der Waals surface area contributed by atoms with Crippen molar-refractivity contribution in [1.82, 2.24) is 20.8 Å². The van der Waals surface area contributed by atoms with Crippen LogP contribution in [0.2, 0.25) is 0 Å². The second kappa shape index (κ2) is 3.06. The molecular weight excluding hydrogens is 192 g/mol. The third kappa shape index (κ3) is 1.34. The maximum atomic E-state index is 11.8. The highest BCUT2D eigenvalue weighted by atomic mass is 16.1. The van der Waals surface area contributed by atoms with Gasteiger partial charge in [-0.3, -0.25) is 9.89 Å². The van der Waals surface area contributed by atoms with Crippen molar-refractivity contribution < 1.29 is 4.79 Å². The van der Waals surface area contributed by atoms with E-state index in [1.54, 1.807) is 6.20 Å². The first kappa shape index (κ1) is 8.91. The van der Waals surface area contributed by atoms with Gasteiger partial charge in [0.25, 0.3) is 5.91 Å². The third-order valence-electron chi connectivity index (χ3n) is 3.46. The summed E-state index contributed by atoms with van der Waals surface area (Å²) in [5.41, 5.74) is 1.49. The molecule has 2 atom stereocenters. The fourth-order valence-corrected chi connectivity index (χ4v) is 2.44. The number of fused-ring (bicyclic) bond motifs is 1. The minimum Gasteiger partial charge on any atom is -0.349 e. The Labute approximate surface area is 87.6 Å². The van der Waals surface area contributed by atoms with E-state index in [1.165, 1.54) is 0 Å². The molecule has 1 amide bonds. The van der Waals surface area contributed by atoms with Crippen LogP contribution < -0.4 is 10.6 Å². The maximum absolute atomic E-state index is 11.8. The fourth-order valence-electron chi connectivity index (χ4n) is 2.44. The van der Waals surface area contributed by atoms with Gasteiger partial charge in [-0.25, -0.2) is 0 Å². The van der Waals surface area contributed by atoms with Crippen molar-refractivity contribution in [1.29, 1.82) is 0 Å². The number of amides is 1. The van der Waals surface area contributed by atoms with Gasteiger partial charge in [-0.15, -0.1) is 0 Å². The highest BCUT2D eigenvalue weighted by Crippen LogP contribution is 2.41. The summed E-state index contributed by atoms with van der Waals surface area (Å²) in [4.78, 5) is 11.8. The second-order valence-electron chi connectivity index (χ2n) is 4.39. The molecule has 1 aliphatic carbocycles. The molecule has 1 aromatic heterocycles. The number of carbonyl (C=O) groups is 1. The number of carbonyl (C=O) groups excluding carboxylic acids is 1. The van der Waals surface area contributed by atoms with E-state index in [9.17, 15) is 4.79 Å². The van der Waals surface area contributed by atoms with Gasteiger partial charge in [-0.1, -0.05) is 0 Å². The zero-order valence-corrected chi connectivity index (χ0v) is 8.58. The Hall–Kier alpha value is -1.36. The number of hydrogen-bond donors (Lipinski definition) is 3. The van der Waals surface area contributed by atoms with Crippen LogP contribution in [0.15, 0.2) is 6.20 Å². The van der Waals surface area contributed by atoms with Gasteiger partial charge in [0, 0.05) is 24.8 Å². The molecule has 1 aromatic rings. The topological polar surface area (TPSA) is 69.8 Å². The molecule has 2 unspecified atom stereocenters. The molecule has 1 saturated carbocycles. The van der Waals surface area contributed by atoms with E-state index < -0.39 is 0 Å². The molecule has 5 nitrogen and oxygen atoms in total. The van der Waals surface area contributed by atoms with Crippen molar-refractivity contribution in [3.63, 3.8) is 0 Å². The van der Waals surface area contributed by atoms with Gasteiger partial charge in [0.05, 0.1) is 11.8 Å². The predicted octanol–water partition coefficient (Wildman–Crippen LogP) is -0.334. The Morgan fingerprint density at radius 3 is 2.87 bits per heavy atom. The number of aromatic nitrogens is 2. The van der Waals surface area contributed by atoms with Crippen LogP contribution in [0, 0.1) is 18.8 Å². The van der Waals surface area contributed by atoms with E-state index in [2.05, 4.69) is 20.8 Å². The molecule has 0 radical (unpaired) electrons. The van der Waals surface area contributed by atoms with Crippen molar-refractivity contribution in [2.45, 2.75) is 13.0 Å². The Balaban J connectivity index is 1.65. The quantitative estimate of drug-likeness (QED) is 0.620. The number of nitrogens with zero attached hydrogens (tertiary/aromatic N) is 1. The predicted molar refractivity (Wildman–Crippen MR) is 54.4 cm³/mol. The number of hydrogen-bond acceptors (Lipinski definition) is 3. The van der Waals surface area contributed by atoms with Gasteiger partial charge < -0.3 is 10.6 Å². The summed E-state index contributed by atoms with van der Waals surface area (Å²) in [6.45, 7) is 3.94. The van der Waals surface area contributed by atoms with Crippen molar-refractivity contribution in [2.24, 2.45) is 11.8 Å². The molecular formula is C10H14N4O. The molecule has 1 aliphatic heterocycles. The molecule has 5 heteroatoms. The molecule has 3 rings (SSSR count). The molecule has 2 fully saturated rings. The van der Waals surface area contributed by atoms with Crippen LogP contribution >= 0.6 is 0 Å². The zero-order chi connectivity index (χ0) is 10.4. The van der Waals surface area contributed by atoms with Gasteiger partial charge in [0.2, 0.25) is 0 Å². The standard InChI is InChI=1S/C10H14N4O/c1-5-6(4-12-14-5)10(15)13-9-7-2-11-3-8(7)9/h4,7-9,11H,2-3H2,1H3,(H,12,14)(H,13,15). The molecule has 3 N–H and O–H groups in total. The van der Waals surface area contributed by atoms with Gasteiger partial charge in [0.15, 0.2) is 0 Å². The van der Waals surface area contributed by atoms with Gasteiger partial charge in [-0.05, 0) is 18.8 Å². The molecule has 1 saturated heterocycles. The van der Waals surface area contributed by atoms with Crippen LogP contribution in [0.5, 0.6) is 0 Å². The minimum absolute atomic E-state index is 0.000602. The van der Waals surface area contributed by atoms with E-state index in [0.717, 1.165) is 18.8 Å². The maximum Gasteiger partial charge on any atom is 0.254 e. The number of nitrogens with one attached hydrogen (secondary N) is 3. The Kier molecular flexibility index (Phi) is 1.82. The summed E-state index contributed by atoms with van der Waals surface area (Å²) >= 11 is 0. The molecule has 15 heavy (non-hydrogen) atoms. The van der Waals surface area contributed by atoms with Crippen LogP contribution in [0.25, 0.3) is 0 Å². The summed E-state index contributed by atoms with van der Waals surface area (Å²) in [6, 6.07) is 0.382. The Morgan fingerprint density at radius 1 is 1.53 bits per heavy atom. The molecule has 0 spiro atoms. The molecule has 0 bridgehead atoms. The smallest absolute Gasteiger partial charge is 0.254 e. The van der Waals surface area contributed by atoms with Gasteiger partial charge in [0.1, 0.15) is 0 Å². The average Bonchev–Trinajstić information content (AvgIpc) is 2.66. The monoisotopic (exact) mass is 206 g/mol. The summed E-state index contributed by atoms with van der Waals surface area (Å²) < 4.78 is 0. The third-order valence-corrected chi connectivity index (χ3v) is 3.46. The van der Waals surface area contributed by atoms with Gasteiger partial charge in [-0.2, -0.15) is 5.10 Å². The first-order valence-corrected chi connectivity index (χ1v) is 5.29. The fraction of sp³-hybridized carbons (Fsp3) is 0.600. The lowest BCUT2D eigenvalue weighted by atomic mass is 10.2. The first-order valence-electron chi connectivity index (χ1n) is 5.29. The van der Waals surface area contributed by atoms with Crippen LogP contribution in [-0.4, -0.2) is 35.2 Å². The van der Waals surface area contributed by atoms with Crippen LogP contribution in [0.1, 0.15) is 16.1 Å². The molecule has 80 valence electrons. The normalized spacial score (nSPS) is 32.5. The largest absolute Gasteiger partial charge is 0.349 e. The van der Waals surface area contributed by atoms with E-state index in [4.69, 9.17) is 0 Å². The van der Waals surface area contributed by atoms with Gasteiger partial charge >= 0.3 is 0 Å². The number of aryl methyl sites for hydroxylation is 1. The number of H-pyrrole nitrogens is 1. The number of rotatable bonds is 2. The summed E-state index contributed by atoms with van der Waals surface area (Å²) in [7, 11) is 0. The van der Waals surface area contributed by atoms with Crippen molar-refractivity contribution in [2.75, 3.05) is 13.1 Å². The van der Waals surface area contributed by atoms with E-state index in [-0.39, 0.29) is 5.91 Å². The zero-order valence-electron chi connectivity index (χ0n) is 8.58. The number of piperidine rings is 1. The lowest BCUT2D eigenvalue weighted by molar-refractivity contribution is 0.0946. The Morgan fingerprint density at radius 2 is 2.27 bits per heavy atom. The summed E-state index contributed by atoms with van der Waals surface area (Å²) in [5, 5.41) is 13.0. The lowest BCUT2D eigenvalue weighted by Crippen LogP contribution is -2.32. The van der Waals surface area contributed by atoms with Crippen molar-refractivity contribution in [3.05, 3.63) is 17.5 Å². The molecule has 2 heterocycles.